The topological polar surface area (TPSA) is 72.3 Å². The molecule has 0 aliphatic carbocycles. The van der Waals surface area contributed by atoms with E-state index in [4.69, 9.17) is 9.47 Å². The lowest BCUT2D eigenvalue weighted by Gasteiger charge is -2.32. The molecule has 1 aliphatic heterocycles. The fourth-order valence-electron chi connectivity index (χ4n) is 3.18. The standard InChI is InChI=1S/C21H33N3O4/c1-21(2,3)28-20(26)22-11-5-6-19(25)24-14-12-23(13-15-24)16-17-7-9-18(27-4)10-8-17/h7-10H,5-6,11-16H2,1-4H3,(H,22,26)/p+1. The average molecular weight is 393 g/mol. The third kappa shape index (κ3) is 7.76. The second kappa shape index (κ2) is 10.3. The van der Waals surface area contributed by atoms with Crippen molar-refractivity contribution in [3.8, 4) is 5.75 Å². The molecule has 0 spiro atoms. The lowest BCUT2D eigenvalue weighted by Crippen LogP contribution is -3.13. The quantitative estimate of drug-likeness (QED) is 0.685. The van der Waals surface area contributed by atoms with Crippen LogP contribution in [0.2, 0.25) is 0 Å². The molecule has 1 aromatic carbocycles. The van der Waals surface area contributed by atoms with Gasteiger partial charge in [-0.15, -0.1) is 0 Å². The van der Waals surface area contributed by atoms with Crippen molar-refractivity contribution in [1.82, 2.24) is 10.2 Å². The van der Waals surface area contributed by atoms with Gasteiger partial charge in [-0.3, -0.25) is 4.79 Å². The van der Waals surface area contributed by atoms with Crippen LogP contribution in [0.3, 0.4) is 0 Å². The minimum Gasteiger partial charge on any atom is -0.497 e. The molecular weight excluding hydrogens is 358 g/mol. The highest BCUT2D eigenvalue weighted by Gasteiger charge is 2.23. The van der Waals surface area contributed by atoms with E-state index < -0.39 is 11.7 Å². The normalized spacial score (nSPS) is 15.2. The highest BCUT2D eigenvalue weighted by atomic mass is 16.6. The maximum atomic E-state index is 12.4. The molecule has 2 rings (SSSR count). The average Bonchev–Trinajstić information content (AvgIpc) is 2.65. The summed E-state index contributed by atoms with van der Waals surface area (Å²) in [6, 6.07) is 8.17. The van der Waals surface area contributed by atoms with E-state index in [9.17, 15) is 9.59 Å². The first kappa shape index (κ1) is 22.0. The van der Waals surface area contributed by atoms with Gasteiger partial charge in [0.2, 0.25) is 5.91 Å². The molecule has 0 saturated carbocycles. The van der Waals surface area contributed by atoms with E-state index in [1.807, 2.05) is 37.8 Å². The van der Waals surface area contributed by atoms with Crippen molar-refractivity contribution in [2.24, 2.45) is 0 Å². The first-order valence-corrected chi connectivity index (χ1v) is 9.98. The molecule has 1 fully saturated rings. The van der Waals surface area contributed by atoms with E-state index in [-0.39, 0.29) is 5.91 Å². The number of piperazine rings is 1. The second-order valence-corrected chi connectivity index (χ2v) is 8.19. The van der Waals surface area contributed by atoms with Gasteiger partial charge in [-0.2, -0.15) is 0 Å². The Hall–Kier alpha value is -2.28. The van der Waals surface area contributed by atoms with Gasteiger partial charge in [-0.25, -0.2) is 4.79 Å². The van der Waals surface area contributed by atoms with Gasteiger partial charge in [0, 0.05) is 18.5 Å². The number of quaternary nitrogens is 1. The molecule has 1 aliphatic rings. The summed E-state index contributed by atoms with van der Waals surface area (Å²) in [7, 11) is 1.67. The molecule has 0 radical (unpaired) electrons. The number of hydrogen-bond acceptors (Lipinski definition) is 4. The smallest absolute Gasteiger partial charge is 0.407 e. The maximum Gasteiger partial charge on any atom is 0.407 e. The molecule has 156 valence electrons. The van der Waals surface area contributed by atoms with Crippen molar-refractivity contribution >= 4 is 12.0 Å². The zero-order valence-electron chi connectivity index (χ0n) is 17.5. The fourth-order valence-corrected chi connectivity index (χ4v) is 3.18. The molecule has 28 heavy (non-hydrogen) atoms. The lowest BCUT2D eigenvalue weighted by atomic mass is 10.2. The van der Waals surface area contributed by atoms with Crippen LogP contribution in [0.4, 0.5) is 4.79 Å². The summed E-state index contributed by atoms with van der Waals surface area (Å²) in [5.74, 6) is 1.03. The van der Waals surface area contributed by atoms with Crippen LogP contribution in [0.5, 0.6) is 5.75 Å². The zero-order chi connectivity index (χ0) is 20.6. The molecule has 7 heteroatoms. The van der Waals surface area contributed by atoms with Gasteiger partial charge in [-0.1, -0.05) is 0 Å². The summed E-state index contributed by atoms with van der Waals surface area (Å²) in [4.78, 5) is 27.4. The Balaban J connectivity index is 1.62. The van der Waals surface area contributed by atoms with Gasteiger partial charge in [0.25, 0.3) is 0 Å². The largest absolute Gasteiger partial charge is 0.497 e. The van der Waals surface area contributed by atoms with Crippen molar-refractivity contribution in [3.05, 3.63) is 29.8 Å². The Kier molecular flexibility index (Phi) is 8.11. The molecule has 0 atom stereocenters. The number of amides is 2. The number of methoxy groups -OCH3 is 1. The van der Waals surface area contributed by atoms with Crippen LogP contribution < -0.4 is 15.0 Å². The second-order valence-electron chi connectivity index (χ2n) is 8.19. The number of carbonyl (C=O) groups excluding carboxylic acids is 2. The molecule has 0 bridgehead atoms. The Labute approximate surface area is 168 Å². The van der Waals surface area contributed by atoms with Crippen LogP contribution in [0.25, 0.3) is 0 Å². The molecule has 2 amide bonds. The van der Waals surface area contributed by atoms with Gasteiger partial charge >= 0.3 is 6.09 Å². The number of rotatable bonds is 7. The summed E-state index contributed by atoms with van der Waals surface area (Å²) in [5, 5.41) is 2.70. The van der Waals surface area contributed by atoms with Crippen molar-refractivity contribution in [2.45, 2.75) is 45.8 Å². The molecule has 1 aromatic rings. The van der Waals surface area contributed by atoms with Crippen LogP contribution in [0.15, 0.2) is 24.3 Å². The molecule has 1 heterocycles. The number of benzene rings is 1. The Morgan fingerprint density at radius 3 is 2.36 bits per heavy atom. The summed E-state index contributed by atoms with van der Waals surface area (Å²) in [6.45, 7) is 10.4. The van der Waals surface area contributed by atoms with Crippen molar-refractivity contribution in [2.75, 3.05) is 39.8 Å². The molecule has 0 unspecified atom stereocenters. The van der Waals surface area contributed by atoms with Crippen LogP contribution >= 0.6 is 0 Å². The number of carbonyl (C=O) groups is 2. The van der Waals surface area contributed by atoms with Crippen LogP contribution in [0, 0.1) is 0 Å². The van der Waals surface area contributed by atoms with Crippen molar-refractivity contribution in [3.63, 3.8) is 0 Å². The molecule has 7 nitrogen and oxygen atoms in total. The fraction of sp³-hybridized carbons (Fsp3) is 0.619. The molecule has 1 saturated heterocycles. The number of nitrogens with zero attached hydrogens (tertiary/aromatic N) is 1. The zero-order valence-corrected chi connectivity index (χ0v) is 17.5. The Bertz CT molecular complexity index is 632. The van der Waals surface area contributed by atoms with E-state index in [0.29, 0.717) is 19.4 Å². The SMILES string of the molecule is COc1ccc(C[NH+]2CCN(C(=O)CCCNC(=O)OC(C)(C)C)CC2)cc1. The van der Waals surface area contributed by atoms with Gasteiger partial charge in [0.1, 0.15) is 17.9 Å². The van der Waals surface area contributed by atoms with E-state index in [1.165, 1.54) is 10.5 Å². The van der Waals surface area contributed by atoms with Crippen LogP contribution in [-0.2, 0) is 16.1 Å². The van der Waals surface area contributed by atoms with E-state index in [0.717, 1.165) is 38.5 Å². The number of ether oxygens (including phenoxy) is 2. The minimum atomic E-state index is -0.506. The van der Waals surface area contributed by atoms with E-state index >= 15 is 0 Å². The highest BCUT2D eigenvalue weighted by Crippen LogP contribution is 2.10. The Morgan fingerprint density at radius 2 is 1.79 bits per heavy atom. The predicted molar refractivity (Wildman–Crippen MR) is 107 cm³/mol. The number of nitrogens with one attached hydrogen (secondary N) is 2. The summed E-state index contributed by atoms with van der Waals surface area (Å²) < 4.78 is 10.4. The van der Waals surface area contributed by atoms with Crippen LogP contribution in [-0.4, -0.2) is 62.3 Å². The monoisotopic (exact) mass is 392 g/mol. The third-order valence-electron chi connectivity index (χ3n) is 4.67. The first-order chi connectivity index (χ1) is 13.3. The van der Waals surface area contributed by atoms with Gasteiger partial charge in [-0.05, 0) is 51.5 Å². The minimum absolute atomic E-state index is 0.162. The number of hydrogen-bond donors (Lipinski definition) is 2. The Morgan fingerprint density at radius 1 is 1.14 bits per heavy atom. The van der Waals surface area contributed by atoms with Gasteiger partial charge < -0.3 is 24.6 Å². The summed E-state index contributed by atoms with van der Waals surface area (Å²) in [6.07, 6.45) is 0.636. The molecular formula is C21H34N3O4+. The van der Waals surface area contributed by atoms with E-state index in [1.54, 1.807) is 7.11 Å². The summed E-state index contributed by atoms with van der Waals surface area (Å²) >= 11 is 0. The maximum absolute atomic E-state index is 12.4. The summed E-state index contributed by atoms with van der Waals surface area (Å²) in [5.41, 5.74) is 0.775. The highest BCUT2D eigenvalue weighted by molar-refractivity contribution is 5.76. The predicted octanol–water partition coefficient (Wildman–Crippen LogP) is 1.23. The third-order valence-corrected chi connectivity index (χ3v) is 4.67. The van der Waals surface area contributed by atoms with Crippen molar-refractivity contribution in [1.29, 1.82) is 0 Å². The van der Waals surface area contributed by atoms with Gasteiger partial charge in [0.05, 0.1) is 33.3 Å². The van der Waals surface area contributed by atoms with E-state index in [2.05, 4.69) is 17.4 Å². The first-order valence-electron chi connectivity index (χ1n) is 9.98. The van der Waals surface area contributed by atoms with Gasteiger partial charge in [0.15, 0.2) is 0 Å². The lowest BCUT2D eigenvalue weighted by molar-refractivity contribution is -0.917. The van der Waals surface area contributed by atoms with Crippen molar-refractivity contribution < 1.29 is 24.0 Å². The molecule has 0 aromatic heterocycles. The molecule has 2 N–H and O–H groups in total. The van der Waals surface area contributed by atoms with Crippen LogP contribution in [0.1, 0.15) is 39.2 Å². The number of alkyl carbamates (subject to hydrolysis) is 1.